The van der Waals surface area contributed by atoms with Gasteiger partial charge in [0.2, 0.25) is 5.91 Å². The molecule has 0 aliphatic heterocycles. The highest BCUT2D eigenvalue weighted by Crippen LogP contribution is 2.33. The second-order valence-corrected chi connectivity index (χ2v) is 8.09. The zero-order valence-corrected chi connectivity index (χ0v) is 18.1. The number of nitrogens with one attached hydrogen (secondary N) is 1. The minimum atomic E-state index is -0.116. The summed E-state index contributed by atoms with van der Waals surface area (Å²) in [5.74, 6) is 1.58. The summed E-state index contributed by atoms with van der Waals surface area (Å²) in [5, 5.41) is 7.38. The Morgan fingerprint density at radius 1 is 1.07 bits per heavy atom. The number of rotatable bonds is 9. The van der Waals surface area contributed by atoms with Crippen molar-refractivity contribution in [3.8, 4) is 11.5 Å². The van der Waals surface area contributed by atoms with Gasteiger partial charge in [-0.2, -0.15) is 11.3 Å². The molecule has 0 aliphatic rings. The Morgan fingerprint density at radius 2 is 1.79 bits per heavy atom. The molecule has 154 valence electrons. The fourth-order valence-corrected chi connectivity index (χ4v) is 4.21. The van der Waals surface area contributed by atoms with Gasteiger partial charge in [0.05, 0.1) is 32.7 Å². The monoisotopic (exact) mass is 412 g/mol. The largest absolute Gasteiger partial charge is 0.493 e. The van der Waals surface area contributed by atoms with E-state index in [1.807, 2.05) is 48.1 Å². The lowest BCUT2D eigenvalue weighted by atomic mass is 9.95. The molecule has 0 unspecified atom stereocenters. The number of amides is 1. The number of thiophene rings is 1. The van der Waals surface area contributed by atoms with Gasteiger partial charge in [-0.3, -0.25) is 4.79 Å². The van der Waals surface area contributed by atoms with E-state index in [4.69, 9.17) is 9.47 Å². The molecule has 0 saturated carbocycles. The molecule has 2 atom stereocenters. The van der Waals surface area contributed by atoms with Crippen molar-refractivity contribution in [3.05, 3.63) is 70.7 Å². The van der Waals surface area contributed by atoms with E-state index in [0.717, 1.165) is 11.1 Å². The molecule has 3 aromatic rings. The fraction of sp³-hybridized carbons (Fsp3) is 0.348. The minimum Gasteiger partial charge on any atom is -0.493 e. The molecular formula is C23H28N2O3S. The van der Waals surface area contributed by atoms with Gasteiger partial charge in [-0.1, -0.05) is 19.9 Å². The third-order valence-corrected chi connectivity index (χ3v) is 5.75. The summed E-state index contributed by atoms with van der Waals surface area (Å²) in [6.45, 7) is 4.20. The van der Waals surface area contributed by atoms with Crippen LogP contribution in [0.1, 0.15) is 43.5 Å². The summed E-state index contributed by atoms with van der Waals surface area (Å²) < 4.78 is 12.9. The first kappa shape index (κ1) is 21.0. The van der Waals surface area contributed by atoms with Crippen LogP contribution in [0.5, 0.6) is 11.5 Å². The maximum absolute atomic E-state index is 13.0. The van der Waals surface area contributed by atoms with Crippen molar-refractivity contribution in [3.63, 3.8) is 0 Å². The Labute approximate surface area is 176 Å². The minimum absolute atomic E-state index is 0.0170. The summed E-state index contributed by atoms with van der Waals surface area (Å²) in [6, 6.07) is 11.7. The first-order valence-corrected chi connectivity index (χ1v) is 10.6. The smallest absolute Gasteiger partial charge is 0.222 e. The van der Waals surface area contributed by atoms with Gasteiger partial charge in [0.1, 0.15) is 0 Å². The van der Waals surface area contributed by atoms with Crippen molar-refractivity contribution >= 4 is 17.2 Å². The zero-order chi connectivity index (χ0) is 20.8. The molecule has 2 heterocycles. The van der Waals surface area contributed by atoms with Gasteiger partial charge in [-0.05, 0) is 58.1 Å². The van der Waals surface area contributed by atoms with Crippen LogP contribution < -0.4 is 14.8 Å². The zero-order valence-electron chi connectivity index (χ0n) is 17.3. The molecule has 1 aromatic carbocycles. The van der Waals surface area contributed by atoms with Crippen LogP contribution in [0.2, 0.25) is 0 Å². The third kappa shape index (κ3) is 5.01. The van der Waals surface area contributed by atoms with Crippen LogP contribution in [0.15, 0.2) is 59.6 Å². The third-order valence-electron chi connectivity index (χ3n) is 5.04. The standard InChI is InChI=1S/C23H28N2O3S/c1-16(2)23(17-7-8-20(27-3)21(13-17)28-4)24-22(26)14-19(18-9-12-29-15-18)25-10-5-6-11-25/h5-13,15-16,19,23H,14H2,1-4H3,(H,24,26)/t19-,23-/m1/s1. The van der Waals surface area contributed by atoms with Crippen molar-refractivity contribution in [2.24, 2.45) is 5.92 Å². The normalized spacial score (nSPS) is 13.1. The van der Waals surface area contributed by atoms with Crippen LogP contribution in [0.25, 0.3) is 0 Å². The van der Waals surface area contributed by atoms with Gasteiger partial charge in [-0.15, -0.1) is 0 Å². The van der Waals surface area contributed by atoms with Gasteiger partial charge >= 0.3 is 0 Å². The highest BCUT2D eigenvalue weighted by atomic mass is 32.1. The van der Waals surface area contributed by atoms with Gasteiger partial charge in [-0.25, -0.2) is 0 Å². The maximum atomic E-state index is 13.0. The summed E-state index contributed by atoms with van der Waals surface area (Å²) in [5.41, 5.74) is 2.15. The highest BCUT2D eigenvalue weighted by molar-refractivity contribution is 7.08. The molecule has 5 nitrogen and oxygen atoms in total. The second-order valence-electron chi connectivity index (χ2n) is 7.31. The molecule has 1 amide bonds. The lowest BCUT2D eigenvalue weighted by Crippen LogP contribution is -2.33. The molecule has 0 aliphatic carbocycles. The molecule has 0 saturated heterocycles. The topological polar surface area (TPSA) is 52.5 Å². The fourth-order valence-electron chi connectivity index (χ4n) is 3.50. The predicted octanol–water partition coefficient (Wildman–Crippen LogP) is 5.06. The molecular weight excluding hydrogens is 384 g/mol. The number of benzene rings is 1. The van der Waals surface area contributed by atoms with E-state index in [9.17, 15) is 4.79 Å². The Balaban J connectivity index is 1.79. The number of carbonyl (C=O) groups is 1. The van der Waals surface area contributed by atoms with Crippen LogP contribution in [-0.4, -0.2) is 24.7 Å². The average molecular weight is 413 g/mol. The van der Waals surface area contributed by atoms with Crippen molar-refractivity contribution in [1.29, 1.82) is 0 Å². The lowest BCUT2D eigenvalue weighted by molar-refractivity contribution is -0.122. The molecule has 0 spiro atoms. The maximum Gasteiger partial charge on any atom is 0.222 e. The number of aromatic nitrogens is 1. The number of ether oxygens (including phenoxy) is 2. The van der Waals surface area contributed by atoms with Crippen LogP contribution in [0.4, 0.5) is 0 Å². The van der Waals surface area contributed by atoms with Crippen LogP contribution in [0.3, 0.4) is 0 Å². The lowest BCUT2D eigenvalue weighted by Gasteiger charge is -2.25. The number of hydrogen-bond acceptors (Lipinski definition) is 4. The Bertz CT molecular complexity index is 870. The van der Waals surface area contributed by atoms with Gasteiger partial charge in [0, 0.05) is 12.4 Å². The van der Waals surface area contributed by atoms with Crippen molar-refractivity contribution < 1.29 is 14.3 Å². The van der Waals surface area contributed by atoms with Gasteiger partial charge < -0.3 is 19.4 Å². The first-order chi connectivity index (χ1) is 14.0. The SMILES string of the molecule is COc1ccc([C@H](NC(=O)C[C@H](c2ccsc2)n2cccc2)C(C)C)cc1OC. The molecule has 0 radical (unpaired) electrons. The number of hydrogen-bond donors (Lipinski definition) is 1. The van der Waals surface area contributed by atoms with E-state index in [0.29, 0.717) is 17.9 Å². The summed E-state index contributed by atoms with van der Waals surface area (Å²) >= 11 is 1.64. The number of methoxy groups -OCH3 is 2. The Hall–Kier alpha value is -2.73. The van der Waals surface area contributed by atoms with E-state index in [2.05, 4.69) is 35.2 Å². The van der Waals surface area contributed by atoms with Crippen molar-refractivity contribution in [2.75, 3.05) is 14.2 Å². The van der Waals surface area contributed by atoms with Crippen LogP contribution in [-0.2, 0) is 4.79 Å². The van der Waals surface area contributed by atoms with Crippen molar-refractivity contribution in [1.82, 2.24) is 9.88 Å². The number of nitrogens with zero attached hydrogens (tertiary/aromatic N) is 1. The van der Waals surface area contributed by atoms with Crippen molar-refractivity contribution in [2.45, 2.75) is 32.4 Å². The van der Waals surface area contributed by atoms with E-state index >= 15 is 0 Å². The predicted molar refractivity (Wildman–Crippen MR) is 117 cm³/mol. The first-order valence-electron chi connectivity index (χ1n) is 9.69. The Kier molecular flexibility index (Phi) is 6.99. The summed E-state index contributed by atoms with van der Waals surface area (Å²) in [6.07, 6.45) is 4.38. The van der Waals surface area contributed by atoms with Crippen LogP contribution >= 0.6 is 11.3 Å². The molecule has 2 aromatic heterocycles. The molecule has 0 fully saturated rings. The molecule has 0 bridgehead atoms. The van der Waals surface area contributed by atoms with Crippen LogP contribution in [0, 0.1) is 5.92 Å². The van der Waals surface area contributed by atoms with E-state index in [1.54, 1.807) is 25.6 Å². The molecule has 29 heavy (non-hydrogen) atoms. The molecule has 3 rings (SSSR count). The average Bonchev–Trinajstić information content (AvgIpc) is 3.44. The highest BCUT2D eigenvalue weighted by Gasteiger charge is 2.23. The number of carbonyl (C=O) groups excluding carboxylic acids is 1. The van der Waals surface area contributed by atoms with Gasteiger partial charge in [0.15, 0.2) is 11.5 Å². The quantitative estimate of drug-likeness (QED) is 0.534. The van der Waals surface area contributed by atoms with E-state index in [1.165, 1.54) is 0 Å². The molecule has 6 heteroatoms. The van der Waals surface area contributed by atoms with Gasteiger partial charge in [0.25, 0.3) is 0 Å². The van der Waals surface area contributed by atoms with E-state index < -0.39 is 0 Å². The Morgan fingerprint density at radius 3 is 2.38 bits per heavy atom. The second kappa shape index (κ2) is 9.65. The summed E-state index contributed by atoms with van der Waals surface area (Å²) in [4.78, 5) is 13.0. The summed E-state index contributed by atoms with van der Waals surface area (Å²) in [7, 11) is 3.23. The molecule has 1 N–H and O–H groups in total. The van der Waals surface area contributed by atoms with E-state index in [-0.39, 0.29) is 23.9 Å².